The predicted octanol–water partition coefficient (Wildman–Crippen LogP) is 2.84. The van der Waals surface area contributed by atoms with Gasteiger partial charge in [0.15, 0.2) is 0 Å². The average molecular weight is 326 g/mol. The highest BCUT2D eigenvalue weighted by atomic mass is 32.1. The van der Waals surface area contributed by atoms with E-state index in [-0.39, 0.29) is 5.91 Å². The summed E-state index contributed by atoms with van der Waals surface area (Å²) in [6, 6.07) is 8.04. The first-order valence-corrected chi connectivity index (χ1v) is 8.51. The summed E-state index contributed by atoms with van der Waals surface area (Å²) >= 11 is 1.49. The zero-order valence-electron chi connectivity index (χ0n) is 13.1. The van der Waals surface area contributed by atoms with E-state index in [9.17, 15) is 4.79 Å². The zero-order valence-corrected chi connectivity index (χ0v) is 14.0. The van der Waals surface area contributed by atoms with Gasteiger partial charge in [-0.2, -0.15) is 5.10 Å². The van der Waals surface area contributed by atoms with Crippen molar-refractivity contribution in [3.63, 3.8) is 0 Å². The highest BCUT2D eigenvalue weighted by Gasteiger charge is 2.18. The number of carbonyl (C=O) groups is 1. The Bertz CT molecular complexity index is 874. The normalized spacial score (nSPS) is 14.0. The number of anilines is 1. The van der Waals surface area contributed by atoms with Gasteiger partial charge in [-0.3, -0.25) is 9.48 Å². The molecule has 2 N–H and O–H groups in total. The van der Waals surface area contributed by atoms with Crippen molar-refractivity contribution in [3.8, 4) is 0 Å². The fraction of sp³-hybridized carbons (Fsp3) is 0.294. The molecule has 1 amide bonds. The van der Waals surface area contributed by atoms with Gasteiger partial charge in [0.1, 0.15) is 4.83 Å². The summed E-state index contributed by atoms with van der Waals surface area (Å²) in [6.07, 6.45) is 0.946. The minimum Gasteiger partial charge on any atom is -0.321 e. The number of fused-ring (bicyclic) bond motifs is 2. The van der Waals surface area contributed by atoms with Gasteiger partial charge < -0.3 is 10.6 Å². The lowest BCUT2D eigenvalue weighted by Crippen LogP contribution is -2.25. The third-order valence-electron chi connectivity index (χ3n) is 4.31. The number of carbonyl (C=O) groups excluding carboxylic acids is 1. The molecular formula is C17H18N4OS. The molecule has 0 bridgehead atoms. The summed E-state index contributed by atoms with van der Waals surface area (Å²) in [5.41, 5.74) is 4.41. The number of thiophene rings is 1. The molecule has 0 saturated carbocycles. The molecule has 6 heteroatoms. The van der Waals surface area contributed by atoms with Gasteiger partial charge in [0, 0.05) is 24.7 Å². The molecule has 0 radical (unpaired) electrons. The van der Waals surface area contributed by atoms with Crippen LogP contribution in [0.5, 0.6) is 0 Å². The van der Waals surface area contributed by atoms with Crippen molar-refractivity contribution in [1.82, 2.24) is 15.1 Å². The summed E-state index contributed by atoms with van der Waals surface area (Å²) in [5.74, 6) is -0.0440. The zero-order chi connectivity index (χ0) is 16.0. The van der Waals surface area contributed by atoms with E-state index in [0.717, 1.165) is 46.0 Å². The number of benzene rings is 1. The quantitative estimate of drug-likeness (QED) is 0.761. The van der Waals surface area contributed by atoms with Crippen molar-refractivity contribution < 1.29 is 4.79 Å². The molecule has 0 spiro atoms. The van der Waals surface area contributed by atoms with Crippen molar-refractivity contribution in [2.45, 2.75) is 19.9 Å². The Morgan fingerprint density at radius 3 is 3.13 bits per heavy atom. The molecule has 1 aliphatic heterocycles. The van der Waals surface area contributed by atoms with Crippen LogP contribution in [-0.4, -0.2) is 22.2 Å². The number of nitrogens with one attached hydrogen (secondary N) is 2. The maximum absolute atomic E-state index is 12.6. The molecule has 23 heavy (non-hydrogen) atoms. The number of rotatable bonds is 2. The second kappa shape index (κ2) is 5.47. The van der Waals surface area contributed by atoms with Gasteiger partial charge in [0.2, 0.25) is 0 Å². The number of hydrogen-bond donors (Lipinski definition) is 2. The van der Waals surface area contributed by atoms with Crippen molar-refractivity contribution in [3.05, 3.63) is 46.0 Å². The summed E-state index contributed by atoms with van der Waals surface area (Å²) in [5, 5.41) is 11.9. The number of amides is 1. The molecule has 3 heterocycles. The van der Waals surface area contributed by atoms with Crippen molar-refractivity contribution >= 4 is 33.1 Å². The first-order valence-electron chi connectivity index (χ1n) is 7.69. The maximum Gasteiger partial charge on any atom is 0.265 e. The molecule has 0 atom stereocenters. The van der Waals surface area contributed by atoms with Crippen LogP contribution in [0.3, 0.4) is 0 Å². The lowest BCUT2D eigenvalue weighted by molar-refractivity contribution is 0.103. The van der Waals surface area contributed by atoms with E-state index >= 15 is 0 Å². The SMILES string of the molecule is Cc1nn(C)c2sc(C(=O)Nc3cccc4c3CCNC4)cc12. The third kappa shape index (κ3) is 2.44. The van der Waals surface area contributed by atoms with Crippen molar-refractivity contribution in [2.75, 3.05) is 11.9 Å². The lowest BCUT2D eigenvalue weighted by atomic mass is 9.99. The van der Waals surface area contributed by atoms with Crippen LogP contribution < -0.4 is 10.6 Å². The minimum atomic E-state index is -0.0440. The van der Waals surface area contributed by atoms with Crippen LogP contribution in [0.4, 0.5) is 5.69 Å². The standard InChI is InChI=1S/C17H18N4OS/c1-10-13-8-15(23-17(13)21(2)20-10)16(22)19-14-5-3-4-11-9-18-7-6-12(11)14/h3-5,8,18H,6-7,9H2,1-2H3,(H,19,22). The molecule has 3 aromatic rings. The predicted molar refractivity (Wildman–Crippen MR) is 93.1 cm³/mol. The van der Waals surface area contributed by atoms with Gasteiger partial charge in [-0.15, -0.1) is 11.3 Å². The van der Waals surface area contributed by atoms with Crippen LogP contribution in [0.25, 0.3) is 10.2 Å². The molecule has 0 saturated heterocycles. The van der Waals surface area contributed by atoms with E-state index in [1.807, 2.05) is 36.9 Å². The number of aromatic nitrogens is 2. The molecule has 4 rings (SSSR count). The summed E-state index contributed by atoms with van der Waals surface area (Å²) in [4.78, 5) is 14.4. The van der Waals surface area contributed by atoms with Crippen LogP contribution >= 0.6 is 11.3 Å². The van der Waals surface area contributed by atoms with Crippen LogP contribution in [-0.2, 0) is 20.0 Å². The van der Waals surface area contributed by atoms with Gasteiger partial charge >= 0.3 is 0 Å². The lowest BCUT2D eigenvalue weighted by Gasteiger charge is -2.20. The molecule has 0 fully saturated rings. The van der Waals surface area contributed by atoms with Gasteiger partial charge in [0.05, 0.1) is 10.6 Å². The second-order valence-corrected chi connectivity index (χ2v) is 6.89. The van der Waals surface area contributed by atoms with E-state index in [4.69, 9.17) is 0 Å². The molecule has 5 nitrogen and oxygen atoms in total. The Hall–Kier alpha value is -2.18. The molecule has 2 aromatic heterocycles. The Labute approximate surface area is 138 Å². The van der Waals surface area contributed by atoms with Gasteiger partial charge in [0.25, 0.3) is 5.91 Å². The van der Waals surface area contributed by atoms with Crippen molar-refractivity contribution in [2.24, 2.45) is 7.05 Å². The fourth-order valence-corrected chi connectivity index (χ4v) is 4.17. The topological polar surface area (TPSA) is 59.0 Å². The molecular weight excluding hydrogens is 308 g/mol. The third-order valence-corrected chi connectivity index (χ3v) is 5.51. The largest absolute Gasteiger partial charge is 0.321 e. The van der Waals surface area contributed by atoms with Crippen LogP contribution in [0.1, 0.15) is 26.5 Å². The molecule has 118 valence electrons. The molecule has 1 aliphatic rings. The Kier molecular flexibility index (Phi) is 3.43. The van der Waals surface area contributed by atoms with Crippen LogP contribution in [0.2, 0.25) is 0 Å². The van der Waals surface area contributed by atoms with E-state index in [1.165, 1.54) is 22.5 Å². The Morgan fingerprint density at radius 1 is 1.43 bits per heavy atom. The number of hydrogen-bond acceptors (Lipinski definition) is 4. The number of aryl methyl sites for hydroxylation is 2. The average Bonchev–Trinajstić information content (AvgIpc) is 3.10. The van der Waals surface area contributed by atoms with Gasteiger partial charge in [-0.25, -0.2) is 0 Å². The first-order chi connectivity index (χ1) is 11.1. The van der Waals surface area contributed by atoms with Gasteiger partial charge in [-0.1, -0.05) is 12.1 Å². The maximum atomic E-state index is 12.6. The summed E-state index contributed by atoms with van der Waals surface area (Å²) < 4.78 is 1.84. The van der Waals surface area contributed by atoms with E-state index in [0.29, 0.717) is 0 Å². The molecule has 1 aromatic carbocycles. The molecule has 0 aliphatic carbocycles. The smallest absolute Gasteiger partial charge is 0.265 e. The summed E-state index contributed by atoms with van der Waals surface area (Å²) in [7, 11) is 1.91. The highest BCUT2D eigenvalue weighted by Crippen LogP contribution is 2.29. The Morgan fingerprint density at radius 2 is 2.30 bits per heavy atom. The monoisotopic (exact) mass is 326 g/mol. The highest BCUT2D eigenvalue weighted by molar-refractivity contribution is 7.20. The fourth-order valence-electron chi connectivity index (χ4n) is 3.15. The number of nitrogens with zero attached hydrogens (tertiary/aromatic N) is 2. The summed E-state index contributed by atoms with van der Waals surface area (Å²) in [6.45, 7) is 3.79. The van der Waals surface area contributed by atoms with Crippen LogP contribution in [0, 0.1) is 6.92 Å². The van der Waals surface area contributed by atoms with Gasteiger partial charge in [-0.05, 0) is 43.1 Å². The molecule has 0 unspecified atom stereocenters. The first kappa shape index (κ1) is 14.4. The van der Waals surface area contributed by atoms with Crippen LogP contribution in [0.15, 0.2) is 24.3 Å². The van der Waals surface area contributed by atoms with E-state index < -0.39 is 0 Å². The van der Waals surface area contributed by atoms with E-state index in [2.05, 4.69) is 21.8 Å². The van der Waals surface area contributed by atoms with Crippen molar-refractivity contribution in [1.29, 1.82) is 0 Å². The second-order valence-electron chi connectivity index (χ2n) is 5.86. The minimum absolute atomic E-state index is 0.0440. The Balaban J connectivity index is 1.66. The van der Waals surface area contributed by atoms with E-state index in [1.54, 1.807) is 0 Å².